The van der Waals surface area contributed by atoms with E-state index in [9.17, 15) is 0 Å². The summed E-state index contributed by atoms with van der Waals surface area (Å²) in [6, 6.07) is 0. The Morgan fingerprint density at radius 2 is 0.727 bits per heavy atom. The Hall–Kier alpha value is -4.37. The molecule has 5 N–H and O–H groups in total. The van der Waals surface area contributed by atoms with Crippen LogP contribution in [0, 0.1) is 0 Å². The zero-order valence-electron chi connectivity index (χ0n) is 67.7. The molecule has 566 valence electrons. The van der Waals surface area contributed by atoms with E-state index in [0.717, 1.165) is 89.3 Å². The minimum atomic E-state index is -0.123. The van der Waals surface area contributed by atoms with Crippen molar-refractivity contribution in [3.8, 4) is 0 Å². The van der Waals surface area contributed by atoms with Gasteiger partial charge >= 0.3 is 0 Å². The van der Waals surface area contributed by atoms with Crippen molar-refractivity contribution in [2.24, 2.45) is 15.2 Å². The lowest BCUT2D eigenvalue weighted by Crippen LogP contribution is -2.63. The molecule has 9 aliphatic heterocycles. The van der Waals surface area contributed by atoms with E-state index in [4.69, 9.17) is 43.9 Å². The number of nitrogens with one attached hydrogen (secondary N) is 5. The van der Waals surface area contributed by atoms with Crippen LogP contribution in [0.2, 0.25) is 0 Å². The van der Waals surface area contributed by atoms with Crippen molar-refractivity contribution in [3.63, 3.8) is 0 Å². The zero-order valence-corrected chi connectivity index (χ0v) is 67.7. The fourth-order valence-electron chi connectivity index (χ4n) is 18.3. The normalized spacial score (nSPS) is 29.0. The predicted octanol–water partition coefficient (Wildman–Crippen LogP) is 10.9. The van der Waals surface area contributed by atoms with Crippen LogP contribution in [-0.2, 0) is 28.7 Å². The summed E-state index contributed by atoms with van der Waals surface area (Å²) < 4.78 is 21.1. The van der Waals surface area contributed by atoms with E-state index in [2.05, 4.69) is 276 Å². The molecule has 99 heavy (non-hydrogen) atoms. The van der Waals surface area contributed by atoms with Crippen molar-refractivity contribution in [3.05, 3.63) is 35.8 Å². The van der Waals surface area contributed by atoms with Gasteiger partial charge in [-0.15, -0.1) is 5.10 Å². The molecule has 0 aromatic heterocycles. The van der Waals surface area contributed by atoms with E-state index in [0.29, 0.717) is 61.9 Å². The van der Waals surface area contributed by atoms with Crippen LogP contribution in [0.25, 0.3) is 0 Å². The number of amidine groups is 2. The number of hydrogen-bond acceptors (Lipinski definition) is 23. The Labute approximate surface area is 599 Å². The molecule has 6 fully saturated rings. The zero-order chi connectivity index (χ0) is 73.5. The second kappa shape index (κ2) is 28.3. The van der Waals surface area contributed by atoms with E-state index in [1.165, 1.54) is 0 Å². The van der Waals surface area contributed by atoms with Crippen LogP contribution in [0.3, 0.4) is 0 Å². The maximum Gasteiger partial charge on any atom is 0.239 e. The van der Waals surface area contributed by atoms with Gasteiger partial charge in [0.15, 0.2) is 5.84 Å². The number of hydrogen-bond donors (Lipinski definition) is 5. The molecule has 9 heterocycles. The number of likely N-dealkylation sites (tertiary alicyclic amines) is 6. The second-order valence-electron chi connectivity index (χ2n) is 38.6. The quantitative estimate of drug-likeness (QED) is 0.0725. The van der Waals surface area contributed by atoms with E-state index >= 15 is 0 Å². The Balaban J connectivity index is 1.00. The minimum absolute atomic E-state index is 0.0308. The van der Waals surface area contributed by atoms with E-state index in [1.807, 2.05) is 12.2 Å². The molecule has 0 aromatic rings. The molecule has 0 bridgehead atoms. The summed E-state index contributed by atoms with van der Waals surface area (Å²) >= 11 is 0. The third-order valence-electron chi connectivity index (χ3n) is 25.4. The van der Waals surface area contributed by atoms with Crippen molar-refractivity contribution in [1.82, 2.24) is 77.2 Å². The highest BCUT2D eigenvalue weighted by Crippen LogP contribution is 2.45. The average Bonchev–Trinajstić information content (AvgIpc) is 0.804. The Bertz CT molecular complexity index is 2910. The molecule has 9 aliphatic rings. The average molecular weight is 1390 g/mol. The van der Waals surface area contributed by atoms with Crippen LogP contribution < -0.4 is 27.0 Å². The van der Waals surface area contributed by atoms with Crippen molar-refractivity contribution >= 4 is 17.6 Å². The highest BCUT2D eigenvalue weighted by Gasteiger charge is 2.51. The SMILES string of the molecule is CN1C(C)(C)CC(OC2=CC(NCCCN(CCCN=C3C=C(OC4CC(C)(C)N(C)C(C)(C)C4)NN(OC4CC(C)(C)N(C)C(C)(C)C4)N3)C3=CC(OC4CC(C)(C)N(C)C(C)(C)C4)=NN(OC4CC(C)(C)N(C)C(C)(C)C4)N3)=NN(OC3CC(C)(C)N(C)C(C)(C)C3)N2)CC1(C)C. The summed E-state index contributed by atoms with van der Waals surface area (Å²) in [6.45, 7) is 57.7. The van der Waals surface area contributed by atoms with Crippen LogP contribution in [0.1, 0.15) is 256 Å². The molecule has 0 spiro atoms. The van der Waals surface area contributed by atoms with Crippen molar-refractivity contribution in [1.29, 1.82) is 0 Å². The van der Waals surface area contributed by atoms with E-state index in [1.54, 1.807) is 15.8 Å². The van der Waals surface area contributed by atoms with Gasteiger partial charge in [0.2, 0.25) is 17.7 Å². The maximum atomic E-state index is 7.13. The molecule has 0 atom stereocenters. The molecule has 9 rings (SSSR count). The molecular weight excluding hydrogens is 1250 g/mol. The molecule has 6 saturated heterocycles. The van der Waals surface area contributed by atoms with E-state index in [-0.39, 0.29) is 103 Å². The molecule has 0 saturated carbocycles. The fraction of sp³-hybridized carbons (Fsp3) is 0.880. The summed E-state index contributed by atoms with van der Waals surface area (Å²) in [5.41, 5.74) is 13.1. The maximum absolute atomic E-state index is 7.13. The van der Waals surface area contributed by atoms with Gasteiger partial charge in [0, 0.05) is 155 Å². The predicted molar refractivity (Wildman–Crippen MR) is 398 cm³/mol. The van der Waals surface area contributed by atoms with Gasteiger partial charge in [-0.05, 0) is 260 Å². The first-order chi connectivity index (χ1) is 45.3. The Morgan fingerprint density at radius 1 is 0.394 bits per heavy atom. The molecule has 24 heteroatoms. The van der Waals surface area contributed by atoms with Crippen LogP contribution in [0.5, 0.6) is 0 Å². The van der Waals surface area contributed by atoms with Crippen molar-refractivity contribution in [2.75, 3.05) is 68.5 Å². The fourth-order valence-corrected chi connectivity index (χ4v) is 18.3. The van der Waals surface area contributed by atoms with Gasteiger partial charge < -0.3 is 24.4 Å². The number of piperidine rings is 6. The summed E-state index contributed by atoms with van der Waals surface area (Å²) in [5.74, 6) is 3.87. The monoisotopic (exact) mass is 1390 g/mol. The summed E-state index contributed by atoms with van der Waals surface area (Å²) in [7, 11) is 13.4. The number of aliphatic imine (C=N–C) groups is 1. The van der Waals surface area contributed by atoms with Gasteiger partial charge in [-0.3, -0.25) is 44.7 Å². The van der Waals surface area contributed by atoms with Gasteiger partial charge in [0.25, 0.3) is 0 Å². The van der Waals surface area contributed by atoms with E-state index < -0.39 is 0 Å². The Morgan fingerprint density at radius 3 is 1.12 bits per heavy atom. The first-order valence-electron chi connectivity index (χ1n) is 37.6. The molecule has 24 nitrogen and oxygen atoms in total. The molecule has 0 aromatic carbocycles. The highest BCUT2D eigenvalue weighted by atomic mass is 16.8. The first kappa shape index (κ1) is 78.8. The third kappa shape index (κ3) is 18.6. The highest BCUT2D eigenvalue weighted by molar-refractivity contribution is 5.94. The van der Waals surface area contributed by atoms with Crippen LogP contribution >= 0.6 is 0 Å². The molecule has 0 radical (unpaired) electrons. The minimum Gasteiger partial charge on any atom is -0.475 e. The van der Waals surface area contributed by atoms with Crippen LogP contribution in [0.15, 0.2) is 51.0 Å². The topological polar surface area (TPSA) is 185 Å². The van der Waals surface area contributed by atoms with Gasteiger partial charge in [-0.1, -0.05) is 15.7 Å². The van der Waals surface area contributed by atoms with Crippen molar-refractivity contribution in [2.45, 2.75) is 359 Å². The lowest BCUT2D eigenvalue weighted by Gasteiger charge is -2.54. The molecule has 0 amide bonds. The van der Waals surface area contributed by atoms with Crippen molar-refractivity contribution < 1.29 is 28.7 Å². The second-order valence-corrected chi connectivity index (χ2v) is 38.6. The molecule has 0 aliphatic carbocycles. The Kier molecular flexibility index (Phi) is 22.5. The summed E-state index contributed by atoms with van der Waals surface area (Å²) in [6.07, 6.45) is 17.3. The van der Waals surface area contributed by atoms with Crippen LogP contribution in [-0.4, -0.2) is 239 Å². The van der Waals surface area contributed by atoms with Gasteiger partial charge in [0.1, 0.15) is 30.0 Å². The number of nitrogens with zero attached hydrogens (tertiary/aromatic N) is 13. The molecule has 0 unspecified atom stereocenters. The largest absolute Gasteiger partial charge is 0.475 e. The smallest absolute Gasteiger partial charge is 0.239 e. The number of hydrazone groups is 2. The number of hydrazine groups is 4. The van der Waals surface area contributed by atoms with Gasteiger partial charge in [0.05, 0.1) is 18.3 Å². The van der Waals surface area contributed by atoms with Gasteiger partial charge in [-0.25, -0.2) is 26.0 Å². The lowest BCUT2D eigenvalue weighted by molar-refractivity contribution is -0.275. The lowest BCUT2D eigenvalue weighted by atomic mass is 9.79. The number of rotatable bonds is 20. The summed E-state index contributed by atoms with van der Waals surface area (Å²) in [5, 5.41) is 18.7. The molecular formula is C75H140N18O6. The van der Waals surface area contributed by atoms with Crippen LogP contribution in [0.4, 0.5) is 0 Å². The van der Waals surface area contributed by atoms with Gasteiger partial charge in [-0.2, -0.15) is 0 Å². The standard InChI is InChI=1S/C75H140N18O6/c1-64(2)40-52(41-65(3,4)84(64)25)94-61-37-58(78-91(81-61)97-55-46-70(13,14)87(28)71(15,16)47-55)76-33-31-35-90(60-39-63(96-54-44-68(9,10)86(27)69(11,12)45-54)83-93(80-60)99-57-50-74(21,22)89(30)75(23,24)51-57)36-32-34-77-59-38-62(95-53-42-66(5,6)85(26)67(7,8)43-53)82-92(79-59)98-56-48-72(17,18)88(29)73(19,20)49-56/h37-39,52-57,80-82H,31-36,40-51H2,1-30H3,(H,76,78)(H,77,79). The summed E-state index contributed by atoms with van der Waals surface area (Å²) in [4.78, 5) is 43.4. The first-order valence-corrected chi connectivity index (χ1v) is 37.6. The third-order valence-corrected chi connectivity index (χ3v) is 25.4. The number of ether oxygens (including phenoxy) is 3.